The van der Waals surface area contributed by atoms with Gasteiger partial charge in [-0.2, -0.15) is 0 Å². The molecule has 4 heterocycles. The number of thiocarbonyl (C=S) groups is 1. The van der Waals surface area contributed by atoms with Gasteiger partial charge < -0.3 is 10.2 Å². The molecular weight excluding hydrogens is 585 g/mol. The van der Waals surface area contributed by atoms with Crippen molar-refractivity contribution in [2.24, 2.45) is 0 Å². The van der Waals surface area contributed by atoms with E-state index in [9.17, 15) is 10.1 Å². The van der Waals surface area contributed by atoms with E-state index in [1.807, 2.05) is 60.8 Å². The molecule has 1 aliphatic heterocycles. The van der Waals surface area contributed by atoms with Gasteiger partial charge in [0.15, 0.2) is 10.2 Å². The number of aromatic nitrogens is 3. The Balaban J connectivity index is 1.25. The number of nitrogens with zero attached hydrogens (tertiary/aromatic N) is 5. The summed E-state index contributed by atoms with van der Waals surface area (Å²) >= 11 is 9.14. The Morgan fingerprint density at radius 1 is 0.905 bits per heavy atom. The Hall–Kier alpha value is -4.58. The van der Waals surface area contributed by atoms with E-state index in [4.69, 9.17) is 17.2 Å². The molecule has 0 saturated carbocycles. The smallest absolute Gasteiger partial charge is 0.269 e. The van der Waals surface area contributed by atoms with Crippen molar-refractivity contribution < 1.29 is 4.92 Å². The highest BCUT2D eigenvalue weighted by Gasteiger charge is 2.42. The van der Waals surface area contributed by atoms with Gasteiger partial charge in [0.1, 0.15) is 6.04 Å². The maximum absolute atomic E-state index is 11.0. The summed E-state index contributed by atoms with van der Waals surface area (Å²) in [4.78, 5) is 24.3. The zero-order chi connectivity index (χ0) is 28.6. The largest absolute Gasteiger partial charge is 0.351 e. The fourth-order valence-electron chi connectivity index (χ4n) is 5.15. The van der Waals surface area contributed by atoms with Crippen LogP contribution in [0, 0.1) is 10.1 Å². The second kappa shape index (κ2) is 11.0. The van der Waals surface area contributed by atoms with Crippen molar-refractivity contribution in [3.8, 4) is 5.13 Å². The molecule has 0 bridgehead atoms. The molecule has 0 aliphatic carbocycles. The number of nitro benzene ring substituents is 1. The van der Waals surface area contributed by atoms with Gasteiger partial charge in [0, 0.05) is 40.0 Å². The molecule has 1 aliphatic rings. The Bertz CT molecular complexity index is 1870. The van der Waals surface area contributed by atoms with Crippen molar-refractivity contribution >= 4 is 62.0 Å². The number of hydrogen-bond acceptors (Lipinski definition) is 7. The standard InChI is InChI=1S/C31H22N6O2S3/c38-37(39)21-12-16-23(17-13-21)41-22-14-10-20(11-15-22)36-29(28(34-30(36)40)25-7-3-4-18-32-25)26-8-5-19-35(26)31-33-24-6-1-2-9-27(24)42-31/h1-19,28-29H,(H,34,40)/t28-,29+/m1/s1. The maximum atomic E-state index is 11.0. The van der Waals surface area contributed by atoms with Gasteiger partial charge in [-0.1, -0.05) is 41.3 Å². The predicted octanol–water partition coefficient (Wildman–Crippen LogP) is 7.72. The summed E-state index contributed by atoms with van der Waals surface area (Å²) in [5.74, 6) is 0. The third kappa shape index (κ3) is 4.91. The van der Waals surface area contributed by atoms with Crippen molar-refractivity contribution in [3.05, 3.63) is 137 Å². The van der Waals surface area contributed by atoms with Gasteiger partial charge in [-0.3, -0.25) is 19.7 Å². The second-order valence-corrected chi connectivity index (χ2v) is 12.2. The van der Waals surface area contributed by atoms with Crippen LogP contribution in [-0.4, -0.2) is 24.6 Å². The predicted molar refractivity (Wildman–Crippen MR) is 171 cm³/mol. The fraction of sp³-hybridized carbons (Fsp3) is 0.0645. The van der Waals surface area contributed by atoms with Gasteiger partial charge in [0.2, 0.25) is 0 Å². The van der Waals surface area contributed by atoms with Crippen LogP contribution in [0.1, 0.15) is 23.5 Å². The van der Waals surface area contributed by atoms with Crippen molar-refractivity contribution in [2.75, 3.05) is 4.90 Å². The van der Waals surface area contributed by atoms with Crippen LogP contribution in [-0.2, 0) is 0 Å². The van der Waals surface area contributed by atoms with Gasteiger partial charge in [-0.15, -0.1) is 0 Å². The SMILES string of the molecule is O=[N+]([O-])c1ccc(Sc2ccc(N3C(=S)N[C@H](c4ccccn4)[C@@H]3c3cccn3-c3nc4ccccc4s3)cc2)cc1. The lowest BCUT2D eigenvalue weighted by molar-refractivity contribution is -0.384. The van der Waals surface area contributed by atoms with Crippen molar-refractivity contribution in [1.82, 2.24) is 19.9 Å². The number of non-ortho nitro benzene ring substituents is 1. The van der Waals surface area contributed by atoms with Crippen molar-refractivity contribution in [3.63, 3.8) is 0 Å². The minimum Gasteiger partial charge on any atom is -0.351 e. The van der Waals surface area contributed by atoms with E-state index in [0.29, 0.717) is 5.11 Å². The molecule has 8 nitrogen and oxygen atoms in total. The van der Waals surface area contributed by atoms with Crippen LogP contribution in [0.4, 0.5) is 11.4 Å². The number of hydrogen-bond donors (Lipinski definition) is 1. The molecule has 0 unspecified atom stereocenters. The van der Waals surface area contributed by atoms with Gasteiger partial charge in [-0.05, 0) is 85.0 Å². The van der Waals surface area contributed by atoms with Gasteiger partial charge in [0.05, 0.1) is 32.6 Å². The molecule has 0 radical (unpaired) electrons. The molecule has 11 heteroatoms. The Morgan fingerprint density at radius 2 is 1.64 bits per heavy atom. The summed E-state index contributed by atoms with van der Waals surface area (Å²) in [6, 6.07) is 32.6. The number of anilines is 1. The highest BCUT2D eigenvalue weighted by Crippen LogP contribution is 2.43. The molecule has 1 fully saturated rings. The Labute approximate surface area is 254 Å². The number of para-hydroxylation sites is 1. The average molecular weight is 607 g/mol. The Morgan fingerprint density at radius 3 is 2.36 bits per heavy atom. The van der Waals surface area contributed by atoms with E-state index < -0.39 is 4.92 Å². The van der Waals surface area contributed by atoms with Crippen LogP contribution in [0.3, 0.4) is 0 Å². The summed E-state index contributed by atoms with van der Waals surface area (Å²) < 4.78 is 3.28. The molecule has 6 aromatic rings. The molecular formula is C31H22N6O2S3. The molecule has 3 aromatic carbocycles. The van der Waals surface area contributed by atoms with Gasteiger partial charge in [-0.25, -0.2) is 4.98 Å². The minimum atomic E-state index is -0.391. The van der Waals surface area contributed by atoms with E-state index in [1.54, 1.807) is 41.4 Å². The number of rotatable bonds is 7. The first-order valence-electron chi connectivity index (χ1n) is 13.1. The van der Waals surface area contributed by atoms with E-state index in [1.165, 1.54) is 12.1 Å². The van der Waals surface area contributed by atoms with E-state index in [2.05, 4.69) is 44.0 Å². The molecule has 0 spiro atoms. The summed E-state index contributed by atoms with van der Waals surface area (Å²) in [5.41, 5.74) is 3.93. The molecule has 206 valence electrons. The second-order valence-electron chi connectivity index (χ2n) is 9.61. The summed E-state index contributed by atoms with van der Waals surface area (Å²) in [7, 11) is 0. The first-order valence-corrected chi connectivity index (χ1v) is 15.2. The number of pyridine rings is 1. The van der Waals surface area contributed by atoms with E-state index in [-0.39, 0.29) is 17.8 Å². The van der Waals surface area contributed by atoms with Gasteiger partial charge in [0.25, 0.3) is 5.69 Å². The van der Waals surface area contributed by atoms with Crippen LogP contribution in [0.5, 0.6) is 0 Å². The lowest BCUT2D eigenvalue weighted by Gasteiger charge is -2.28. The summed E-state index contributed by atoms with van der Waals surface area (Å²) in [5, 5.41) is 16.0. The number of thiazole rings is 1. The van der Waals surface area contributed by atoms with Crippen LogP contribution in [0.25, 0.3) is 15.3 Å². The van der Waals surface area contributed by atoms with Crippen LogP contribution in [0.2, 0.25) is 0 Å². The van der Waals surface area contributed by atoms with Crippen LogP contribution in [0.15, 0.2) is 125 Å². The average Bonchev–Trinajstić information content (AvgIpc) is 3.75. The zero-order valence-electron chi connectivity index (χ0n) is 21.9. The zero-order valence-corrected chi connectivity index (χ0v) is 24.4. The summed E-state index contributed by atoms with van der Waals surface area (Å²) in [6.07, 6.45) is 3.85. The highest BCUT2D eigenvalue weighted by molar-refractivity contribution is 7.99. The molecule has 1 N–H and O–H groups in total. The normalized spacial score (nSPS) is 16.6. The topological polar surface area (TPSA) is 89.1 Å². The Kier molecular flexibility index (Phi) is 6.90. The molecule has 2 atom stereocenters. The van der Waals surface area contributed by atoms with Crippen molar-refractivity contribution in [1.29, 1.82) is 0 Å². The third-order valence-electron chi connectivity index (χ3n) is 7.07. The first kappa shape index (κ1) is 26.3. The number of benzene rings is 3. The lowest BCUT2D eigenvalue weighted by atomic mass is 10.0. The molecule has 3 aromatic heterocycles. The first-order chi connectivity index (χ1) is 20.5. The molecule has 42 heavy (non-hydrogen) atoms. The summed E-state index contributed by atoms with van der Waals surface area (Å²) in [6.45, 7) is 0. The minimum absolute atomic E-state index is 0.0776. The van der Waals surface area contributed by atoms with Crippen molar-refractivity contribution in [2.45, 2.75) is 21.9 Å². The fourth-order valence-corrected chi connectivity index (χ4v) is 7.29. The number of nitrogens with one attached hydrogen (secondary N) is 1. The number of nitro groups is 1. The monoisotopic (exact) mass is 606 g/mol. The maximum Gasteiger partial charge on any atom is 0.269 e. The van der Waals surface area contributed by atoms with Crippen LogP contribution >= 0.6 is 35.3 Å². The third-order valence-corrected chi connectivity index (χ3v) is 9.43. The highest BCUT2D eigenvalue weighted by atomic mass is 32.2. The molecule has 7 rings (SSSR count). The lowest BCUT2D eigenvalue weighted by Crippen LogP contribution is -2.30. The van der Waals surface area contributed by atoms with Crippen LogP contribution < -0.4 is 10.2 Å². The van der Waals surface area contributed by atoms with E-state index >= 15 is 0 Å². The van der Waals surface area contributed by atoms with E-state index in [0.717, 1.165) is 42.2 Å². The number of fused-ring (bicyclic) bond motifs is 1. The van der Waals surface area contributed by atoms with Gasteiger partial charge >= 0.3 is 0 Å². The quantitative estimate of drug-likeness (QED) is 0.112. The molecule has 1 saturated heterocycles. The molecule has 0 amide bonds.